The van der Waals surface area contributed by atoms with Crippen molar-refractivity contribution in [3.8, 4) is 0 Å². The Balaban J connectivity index is 1.95. The van der Waals surface area contributed by atoms with Gasteiger partial charge < -0.3 is 5.84 Å². The highest BCUT2D eigenvalue weighted by molar-refractivity contribution is 7.98. The van der Waals surface area contributed by atoms with Gasteiger partial charge in [-0.1, -0.05) is 25.1 Å². The normalized spacial score (nSPS) is 10.7. The first-order valence-electron chi connectivity index (χ1n) is 6.02. The number of pyridine rings is 1. The second-order valence-corrected chi connectivity index (χ2v) is 4.96. The van der Waals surface area contributed by atoms with Crippen molar-refractivity contribution in [2.45, 2.75) is 37.1 Å². The third-order valence-electron chi connectivity index (χ3n) is 2.61. The number of rotatable bonds is 6. The Morgan fingerprint density at radius 3 is 2.78 bits per heavy atom. The molecule has 6 heteroatoms. The van der Waals surface area contributed by atoms with Crippen LogP contribution in [0.1, 0.15) is 31.2 Å². The lowest BCUT2D eigenvalue weighted by Gasteiger charge is -2.03. The number of hydrogen-bond acceptors (Lipinski definition) is 5. The van der Waals surface area contributed by atoms with Crippen molar-refractivity contribution in [1.82, 2.24) is 19.9 Å². The molecule has 18 heavy (non-hydrogen) atoms. The number of nitrogens with zero attached hydrogens (tertiary/aromatic N) is 4. The average molecular weight is 263 g/mol. The third kappa shape index (κ3) is 3.22. The molecule has 0 aliphatic rings. The van der Waals surface area contributed by atoms with Crippen LogP contribution in [0.3, 0.4) is 0 Å². The Morgan fingerprint density at radius 2 is 2.06 bits per heavy atom. The number of aryl methyl sites for hydroxylation is 1. The molecule has 2 heterocycles. The Labute approximate surface area is 111 Å². The number of aromatic nitrogens is 4. The summed E-state index contributed by atoms with van der Waals surface area (Å²) in [5.74, 6) is 7.65. The Morgan fingerprint density at radius 1 is 1.28 bits per heavy atom. The van der Waals surface area contributed by atoms with E-state index in [1.807, 2.05) is 12.1 Å². The Hall–Kier alpha value is -1.56. The third-order valence-corrected chi connectivity index (χ3v) is 3.62. The average Bonchev–Trinajstić information content (AvgIpc) is 2.76. The first-order chi connectivity index (χ1) is 8.81. The van der Waals surface area contributed by atoms with Crippen molar-refractivity contribution in [3.63, 3.8) is 0 Å². The van der Waals surface area contributed by atoms with Gasteiger partial charge in [-0.05, 0) is 24.1 Å². The monoisotopic (exact) mass is 263 g/mol. The van der Waals surface area contributed by atoms with E-state index in [2.05, 4.69) is 22.1 Å². The lowest BCUT2D eigenvalue weighted by molar-refractivity contribution is 0.712. The molecular weight excluding hydrogens is 246 g/mol. The first-order valence-corrected chi connectivity index (χ1v) is 7.01. The molecule has 0 saturated carbocycles. The van der Waals surface area contributed by atoms with E-state index in [1.54, 1.807) is 28.8 Å². The van der Waals surface area contributed by atoms with E-state index in [-0.39, 0.29) is 0 Å². The van der Waals surface area contributed by atoms with Crippen LogP contribution in [0.25, 0.3) is 0 Å². The van der Waals surface area contributed by atoms with Crippen molar-refractivity contribution >= 4 is 11.8 Å². The molecular formula is C12H17N5S. The second-order valence-electron chi connectivity index (χ2n) is 4.02. The van der Waals surface area contributed by atoms with Crippen LogP contribution in [0.5, 0.6) is 0 Å². The van der Waals surface area contributed by atoms with Crippen LogP contribution in [-0.2, 0) is 12.2 Å². The SMILES string of the molecule is CCCCc1nnc(SCc2ccncc2)n1N. The molecule has 0 amide bonds. The van der Waals surface area contributed by atoms with Crippen molar-refractivity contribution in [2.24, 2.45) is 0 Å². The van der Waals surface area contributed by atoms with Gasteiger partial charge in [0.1, 0.15) is 0 Å². The maximum atomic E-state index is 5.97. The smallest absolute Gasteiger partial charge is 0.210 e. The lowest BCUT2D eigenvalue weighted by atomic mass is 10.2. The van der Waals surface area contributed by atoms with Gasteiger partial charge in [-0.25, -0.2) is 4.68 Å². The fourth-order valence-corrected chi connectivity index (χ4v) is 2.37. The molecule has 0 unspecified atom stereocenters. The number of nitrogens with two attached hydrogens (primary N) is 1. The maximum absolute atomic E-state index is 5.97. The molecule has 0 radical (unpaired) electrons. The number of unbranched alkanes of at least 4 members (excludes halogenated alkanes) is 1. The van der Waals surface area contributed by atoms with E-state index in [0.29, 0.717) is 0 Å². The largest absolute Gasteiger partial charge is 0.336 e. The van der Waals surface area contributed by atoms with E-state index in [4.69, 9.17) is 5.84 Å². The van der Waals surface area contributed by atoms with Gasteiger partial charge in [-0.3, -0.25) is 4.98 Å². The van der Waals surface area contributed by atoms with Gasteiger partial charge in [0.2, 0.25) is 5.16 Å². The minimum absolute atomic E-state index is 0.762. The number of nitrogen functional groups attached to an aromatic ring is 1. The van der Waals surface area contributed by atoms with Crippen LogP contribution >= 0.6 is 11.8 Å². The molecule has 0 aliphatic heterocycles. The summed E-state index contributed by atoms with van der Waals surface area (Å²) >= 11 is 1.59. The molecule has 2 N–H and O–H groups in total. The highest BCUT2D eigenvalue weighted by Gasteiger charge is 2.09. The highest BCUT2D eigenvalue weighted by atomic mass is 32.2. The van der Waals surface area contributed by atoms with Crippen molar-refractivity contribution in [1.29, 1.82) is 0 Å². The van der Waals surface area contributed by atoms with Crippen molar-refractivity contribution in [2.75, 3.05) is 5.84 Å². The van der Waals surface area contributed by atoms with E-state index in [9.17, 15) is 0 Å². The van der Waals surface area contributed by atoms with Gasteiger partial charge in [0.25, 0.3) is 0 Å². The summed E-state index contributed by atoms with van der Waals surface area (Å²) < 4.78 is 1.60. The summed E-state index contributed by atoms with van der Waals surface area (Å²) in [6.07, 6.45) is 6.68. The minimum Gasteiger partial charge on any atom is -0.336 e. The number of hydrogen-bond donors (Lipinski definition) is 1. The molecule has 0 bridgehead atoms. The summed E-state index contributed by atoms with van der Waals surface area (Å²) in [6, 6.07) is 3.98. The molecule has 2 aromatic rings. The zero-order valence-corrected chi connectivity index (χ0v) is 11.2. The summed E-state index contributed by atoms with van der Waals surface area (Å²) in [6.45, 7) is 2.15. The predicted molar refractivity (Wildman–Crippen MR) is 72.6 cm³/mol. The lowest BCUT2D eigenvalue weighted by Crippen LogP contribution is -2.14. The second kappa shape index (κ2) is 6.39. The van der Waals surface area contributed by atoms with Crippen molar-refractivity contribution < 1.29 is 0 Å². The zero-order chi connectivity index (χ0) is 12.8. The first kappa shape index (κ1) is 12.9. The standard InChI is InChI=1S/C12H17N5S/c1-2-3-4-11-15-16-12(17(11)13)18-9-10-5-7-14-8-6-10/h5-8H,2-4,9,13H2,1H3. The predicted octanol–water partition coefficient (Wildman–Crippen LogP) is 2.02. The molecule has 0 aromatic carbocycles. The van der Waals surface area contributed by atoms with Gasteiger partial charge in [0, 0.05) is 24.6 Å². The fourth-order valence-electron chi connectivity index (χ4n) is 1.54. The van der Waals surface area contributed by atoms with Gasteiger partial charge in [0.05, 0.1) is 0 Å². The molecule has 0 fully saturated rings. The van der Waals surface area contributed by atoms with Crippen LogP contribution in [0.15, 0.2) is 29.7 Å². The topological polar surface area (TPSA) is 69.6 Å². The minimum atomic E-state index is 0.762. The van der Waals surface area contributed by atoms with E-state index >= 15 is 0 Å². The molecule has 5 nitrogen and oxygen atoms in total. The molecule has 0 aliphatic carbocycles. The zero-order valence-electron chi connectivity index (χ0n) is 10.4. The Kier molecular flexibility index (Phi) is 4.58. The van der Waals surface area contributed by atoms with Gasteiger partial charge >= 0.3 is 0 Å². The summed E-state index contributed by atoms with van der Waals surface area (Å²) in [4.78, 5) is 3.99. The summed E-state index contributed by atoms with van der Waals surface area (Å²) in [5, 5.41) is 9.00. The van der Waals surface area contributed by atoms with Crippen LogP contribution in [-0.4, -0.2) is 19.9 Å². The molecule has 0 atom stereocenters. The van der Waals surface area contributed by atoms with Crippen LogP contribution < -0.4 is 5.84 Å². The summed E-state index contributed by atoms with van der Waals surface area (Å²) in [7, 11) is 0. The van der Waals surface area contributed by atoms with Crippen LogP contribution in [0, 0.1) is 0 Å². The fraction of sp³-hybridized carbons (Fsp3) is 0.417. The Bertz CT molecular complexity index is 482. The molecule has 96 valence electrons. The van der Waals surface area contributed by atoms with Crippen LogP contribution in [0.2, 0.25) is 0 Å². The number of thioether (sulfide) groups is 1. The molecule has 2 aromatic heterocycles. The molecule has 0 spiro atoms. The van der Waals surface area contributed by atoms with Gasteiger partial charge in [-0.15, -0.1) is 10.2 Å². The molecule has 2 rings (SSSR count). The molecule has 0 saturated heterocycles. The van der Waals surface area contributed by atoms with E-state index in [1.165, 1.54) is 5.56 Å². The van der Waals surface area contributed by atoms with Gasteiger partial charge in [0.15, 0.2) is 5.82 Å². The quantitative estimate of drug-likeness (QED) is 0.638. The van der Waals surface area contributed by atoms with E-state index < -0.39 is 0 Å². The summed E-state index contributed by atoms with van der Waals surface area (Å²) in [5.41, 5.74) is 1.20. The van der Waals surface area contributed by atoms with Crippen LogP contribution in [0.4, 0.5) is 0 Å². The highest BCUT2D eigenvalue weighted by Crippen LogP contribution is 2.20. The van der Waals surface area contributed by atoms with Gasteiger partial charge in [-0.2, -0.15) is 0 Å². The van der Waals surface area contributed by atoms with E-state index in [0.717, 1.165) is 36.0 Å². The van der Waals surface area contributed by atoms with Crippen molar-refractivity contribution in [3.05, 3.63) is 35.9 Å². The maximum Gasteiger partial charge on any atom is 0.210 e.